The molecule has 96 valence electrons. The van der Waals surface area contributed by atoms with Crippen molar-refractivity contribution in [2.45, 2.75) is 6.92 Å². The zero-order valence-electron chi connectivity index (χ0n) is 10.9. The summed E-state index contributed by atoms with van der Waals surface area (Å²) in [6, 6.07) is 5.53. The summed E-state index contributed by atoms with van der Waals surface area (Å²) in [5.41, 5.74) is 2.25. The molecule has 18 heavy (non-hydrogen) atoms. The van der Waals surface area contributed by atoms with E-state index in [9.17, 15) is 4.79 Å². The van der Waals surface area contributed by atoms with Crippen molar-refractivity contribution >= 4 is 22.4 Å². The van der Waals surface area contributed by atoms with Gasteiger partial charge in [-0.2, -0.15) is 0 Å². The number of carbonyl (C=O) groups excluding carboxylic acids is 1. The summed E-state index contributed by atoms with van der Waals surface area (Å²) >= 11 is 0. The Morgan fingerprint density at radius 3 is 2.94 bits per heavy atom. The second kappa shape index (κ2) is 5.48. The van der Waals surface area contributed by atoms with Crippen molar-refractivity contribution in [1.29, 1.82) is 0 Å². The van der Waals surface area contributed by atoms with Crippen molar-refractivity contribution in [3.05, 3.63) is 29.8 Å². The summed E-state index contributed by atoms with van der Waals surface area (Å²) < 4.78 is 10.8. The lowest BCUT2D eigenvalue weighted by atomic mass is 10.0. The topological polar surface area (TPSA) is 35.5 Å². The minimum absolute atomic E-state index is 0.0581. The molecule has 0 radical (unpaired) electrons. The number of carbonyl (C=O) groups is 1. The first-order chi connectivity index (χ1) is 8.56. The van der Waals surface area contributed by atoms with E-state index in [0.29, 0.717) is 18.1 Å². The van der Waals surface area contributed by atoms with Gasteiger partial charge >= 0.3 is 5.97 Å². The third-order valence-electron chi connectivity index (χ3n) is 2.64. The third-order valence-corrected chi connectivity index (χ3v) is 3.46. The van der Waals surface area contributed by atoms with Gasteiger partial charge in [-0.25, -0.2) is 4.79 Å². The Kier molecular flexibility index (Phi) is 3.97. The SMILES string of the molecule is CC1=CCOc2cc(OC(=O)C[S+](C)C)ccc21. The molecule has 0 unspecified atom stereocenters. The van der Waals surface area contributed by atoms with Crippen LogP contribution in [0.2, 0.25) is 0 Å². The first-order valence-corrected chi connectivity index (χ1v) is 7.96. The van der Waals surface area contributed by atoms with Gasteiger partial charge in [-0.15, -0.1) is 0 Å². The van der Waals surface area contributed by atoms with Gasteiger partial charge in [0, 0.05) is 11.6 Å². The second-order valence-corrected chi connectivity index (χ2v) is 6.72. The van der Waals surface area contributed by atoms with E-state index in [0.717, 1.165) is 11.3 Å². The molecule has 1 aromatic rings. The van der Waals surface area contributed by atoms with Crippen LogP contribution in [0.3, 0.4) is 0 Å². The van der Waals surface area contributed by atoms with Crippen molar-refractivity contribution in [2.75, 3.05) is 24.9 Å². The van der Waals surface area contributed by atoms with E-state index in [1.165, 1.54) is 5.57 Å². The van der Waals surface area contributed by atoms with Crippen LogP contribution >= 0.6 is 0 Å². The zero-order chi connectivity index (χ0) is 13.1. The Morgan fingerprint density at radius 1 is 1.44 bits per heavy atom. The standard InChI is InChI=1S/C14H17O3S/c1-10-6-7-16-13-8-11(4-5-12(10)13)17-14(15)9-18(2)3/h4-6,8H,7,9H2,1-3H3/q+1. The lowest BCUT2D eigenvalue weighted by molar-refractivity contribution is -0.131. The number of benzene rings is 1. The van der Waals surface area contributed by atoms with E-state index in [1.807, 2.05) is 37.6 Å². The first-order valence-electron chi connectivity index (χ1n) is 5.75. The van der Waals surface area contributed by atoms with Crippen molar-refractivity contribution in [1.82, 2.24) is 0 Å². The second-order valence-electron chi connectivity index (χ2n) is 4.46. The largest absolute Gasteiger partial charge is 0.489 e. The molecular formula is C14H17O3S+. The number of fused-ring (bicyclic) bond motifs is 1. The fourth-order valence-corrected chi connectivity index (χ4v) is 2.30. The van der Waals surface area contributed by atoms with Gasteiger partial charge in [-0.1, -0.05) is 0 Å². The van der Waals surface area contributed by atoms with Gasteiger partial charge in [0.15, 0.2) is 0 Å². The average molecular weight is 265 g/mol. The number of rotatable bonds is 3. The van der Waals surface area contributed by atoms with Crippen molar-refractivity contribution < 1.29 is 14.3 Å². The molecule has 3 nitrogen and oxygen atoms in total. The highest BCUT2D eigenvalue weighted by atomic mass is 32.2. The molecule has 2 rings (SSSR count). The molecule has 0 aromatic heterocycles. The van der Waals surface area contributed by atoms with Gasteiger partial charge in [0.05, 0.1) is 12.5 Å². The third kappa shape index (κ3) is 3.07. The summed E-state index contributed by atoms with van der Waals surface area (Å²) in [6.45, 7) is 2.62. The fourth-order valence-electron chi connectivity index (χ4n) is 1.77. The highest BCUT2D eigenvalue weighted by molar-refractivity contribution is 7.96. The molecule has 1 heterocycles. The van der Waals surface area contributed by atoms with Crippen LogP contribution in [0, 0.1) is 0 Å². The predicted octanol–water partition coefficient (Wildman–Crippen LogP) is 2.27. The molecule has 0 spiro atoms. The molecule has 1 aliphatic rings. The van der Waals surface area contributed by atoms with Gasteiger partial charge in [0.2, 0.25) is 5.75 Å². The fraction of sp³-hybridized carbons (Fsp3) is 0.357. The molecule has 1 aliphatic heterocycles. The average Bonchev–Trinajstić information content (AvgIpc) is 2.27. The molecule has 0 saturated heterocycles. The van der Waals surface area contributed by atoms with E-state index in [2.05, 4.69) is 0 Å². The summed E-state index contributed by atoms with van der Waals surface area (Å²) in [5, 5.41) is 0. The minimum atomic E-state index is -0.189. The molecular weight excluding hydrogens is 248 g/mol. The Morgan fingerprint density at radius 2 is 2.22 bits per heavy atom. The summed E-state index contributed by atoms with van der Waals surface area (Å²) in [5.74, 6) is 1.61. The maximum atomic E-state index is 11.6. The minimum Gasteiger partial charge on any atom is -0.489 e. The maximum Gasteiger partial charge on any atom is 0.361 e. The maximum absolute atomic E-state index is 11.6. The molecule has 1 aromatic carbocycles. The van der Waals surface area contributed by atoms with Gasteiger partial charge < -0.3 is 9.47 Å². The van der Waals surface area contributed by atoms with E-state index in [1.54, 1.807) is 6.07 Å². The highest BCUT2D eigenvalue weighted by Crippen LogP contribution is 2.32. The molecule has 0 amide bonds. The van der Waals surface area contributed by atoms with Crippen LogP contribution in [0.15, 0.2) is 24.3 Å². The molecule has 0 atom stereocenters. The van der Waals surface area contributed by atoms with Crippen LogP contribution in [0.1, 0.15) is 12.5 Å². The molecule has 0 bridgehead atoms. The van der Waals surface area contributed by atoms with E-state index >= 15 is 0 Å². The normalized spacial score (nSPS) is 13.7. The number of hydrogen-bond donors (Lipinski definition) is 0. The van der Waals surface area contributed by atoms with E-state index in [4.69, 9.17) is 9.47 Å². The molecule has 4 heteroatoms. The number of ether oxygens (including phenoxy) is 2. The van der Waals surface area contributed by atoms with Crippen LogP contribution in [0.5, 0.6) is 11.5 Å². The Balaban J connectivity index is 2.12. The smallest absolute Gasteiger partial charge is 0.361 e. The van der Waals surface area contributed by atoms with Crippen molar-refractivity contribution in [3.63, 3.8) is 0 Å². The van der Waals surface area contributed by atoms with Gasteiger partial charge in [-0.3, -0.25) is 0 Å². The first kappa shape index (κ1) is 13.0. The molecule has 0 fully saturated rings. The highest BCUT2D eigenvalue weighted by Gasteiger charge is 2.16. The number of hydrogen-bond acceptors (Lipinski definition) is 3. The van der Waals surface area contributed by atoms with E-state index < -0.39 is 0 Å². The Labute approximate surface area is 110 Å². The van der Waals surface area contributed by atoms with E-state index in [-0.39, 0.29) is 16.9 Å². The van der Waals surface area contributed by atoms with Crippen LogP contribution in [-0.2, 0) is 15.7 Å². The lowest BCUT2D eigenvalue weighted by Gasteiger charge is -2.17. The van der Waals surface area contributed by atoms with Crippen LogP contribution in [0.25, 0.3) is 5.57 Å². The summed E-state index contributed by atoms with van der Waals surface area (Å²) in [4.78, 5) is 11.6. The number of esters is 1. The zero-order valence-corrected chi connectivity index (χ0v) is 11.7. The monoisotopic (exact) mass is 265 g/mol. The van der Waals surface area contributed by atoms with Crippen LogP contribution in [0.4, 0.5) is 0 Å². The van der Waals surface area contributed by atoms with Gasteiger partial charge in [0.25, 0.3) is 0 Å². The van der Waals surface area contributed by atoms with Crippen LogP contribution in [-0.4, -0.2) is 30.8 Å². The van der Waals surface area contributed by atoms with Gasteiger partial charge in [-0.05, 0) is 41.6 Å². The summed E-state index contributed by atoms with van der Waals surface area (Å²) in [6.07, 6.45) is 6.07. The van der Waals surface area contributed by atoms with Crippen molar-refractivity contribution in [3.8, 4) is 11.5 Å². The lowest BCUT2D eigenvalue weighted by Crippen LogP contribution is -2.19. The number of allylic oxidation sites excluding steroid dienone is 1. The molecule has 0 N–H and O–H groups in total. The Hall–Kier alpha value is -1.42. The molecule has 0 aliphatic carbocycles. The summed E-state index contributed by atoms with van der Waals surface area (Å²) in [7, 11) is 0.0581. The Bertz CT molecular complexity index is 492. The quantitative estimate of drug-likeness (QED) is 0.478. The molecule has 0 saturated carbocycles. The predicted molar refractivity (Wildman–Crippen MR) is 75.3 cm³/mol. The van der Waals surface area contributed by atoms with Crippen molar-refractivity contribution in [2.24, 2.45) is 0 Å². The van der Waals surface area contributed by atoms with Gasteiger partial charge in [0.1, 0.15) is 18.1 Å². The van der Waals surface area contributed by atoms with Crippen LogP contribution < -0.4 is 9.47 Å².